The lowest BCUT2D eigenvalue weighted by atomic mass is 10.2. The van der Waals surface area contributed by atoms with Gasteiger partial charge >= 0.3 is 11.9 Å². The highest BCUT2D eigenvalue weighted by Crippen LogP contribution is 1.98. The minimum Gasteiger partial charge on any atom is -0.480 e. The smallest absolute Gasteiger partial charge is 0.332 e. The molecule has 0 saturated carbocycles. The number of allylic oxidation sites excluding steroid dienone is 1. The molecular formula is C10H16N2O5. The standard InChI is InChI=1S/C10H16N2O5/c1-6(4-9(14)17-3)12-7(10(15)16)5-8(13)11-2/h4,7,12H,5H2,1-3H3,(H,11,13)(H,15,16)/t7-/m1/s1. The van der Waals surface area contributed by atoms with Gasteiger partial charge in [0.25, 0.3) is 0 Å². The number of nitrogens with one attached hydrogen (secondary N) is 2. The molecule has 0 heterocycles. The van der Waals surface area contributed by atoms with Crippen molar-refractivity contribution >= 4 is 17.8 Å². The van der Waals surface area contributed by atoms with Crippen molar-refractivity contribution in [3.8, 4) is 0 Å². The summed E-state index contributed by atoms with van der Waals surface area (Å²) in [5, 5.41) is 13.7. The number of methoxy groups -OCH3 is 1. The largest absolute Gasteiger partial charge is 0.480 e. The molecule has 0 aromatic carbocycles. The summed E-state index contributed by atoms with van der Waals surface area (Å²) in [6, 6.07) is -1.09. The van der Waals surface area contributed by atoms with E-state index in [0.717, 1.165) is 6.08 Å². The average molecular weight is 244 g/mol. The third kappa shape index (κ3) is 6.18. The maximum absolute atomic E-state index is 11.1. The van der Waals surface area contributed by atoms with Crippen molar-refractivity contribution in [3.05, 3.63) is 11.8 Å². The minimum absolute atomic E-state index is 0.224. The van der Waals surface area contributed by atoms with Gasteiger partial charge in [-0.15, -0.1) is 0 Å². The second-order valence-electron chi connectivity index (χ2n) is 3.26. The Morgan fingerprint density at radius 1 is 1.41 bits per heavy atom. The van der Waals surface area contributed by atoms with Crippen molar-refractivity contribution in [2.45, 2.75) is 19.4 Å². The van der Waals surface area contributed by atoms with Crippen LogP contribution < -0.4 is 10.6 Å². The predicted molar refractivity (Wildman–Crippen MR) is 59.0 cm³/mol. The number of esters is 1. The van der Waals surface area contributed by atoms with Gasteiger partial charge in [0.05, 0.1) is 13.5 Å². The molecule has 1 amide bonds. The zero-order valence-electron chi connectivity index (χ0n) is 9.94. The van der Waals surface area contributed by atoms with Gasteiger partial charge in [0, 0.05) is 18.8 Å². The molecule has 1 atom stereocenters. The Morgan fingerprint density at radius 2 is 2.00 bits per heavy atom. The first-order chi connectivity index (χ1) is 7.90. The fourth-order valence-corrected chi connectivity index (χ4v) is 1.04. The van der Waals surface area contributed by atoms with Crippen molar-refractivity contribution in [3.63, 3.8) is 0 Å². The highest BCUT2D eigenvalue weighted by molar-refractivity contribution is 5.85. The van der Waals surface area contributed by atoms with E-state index in [1.807, 2.05) is 0 Å². The molecule has 7 heteroatoms. The zero-order valence-corrected chi connectivity index (χ0v) is 9.94. The van der Waals surface area contributed by atoms with Crippen molar-refractivity contribution in [2.24, 2.45) is 0 Å². The lowest BCUT2D eigenvalue weighted by molar-refractivity contribution is -0.141. The third-order valence-electron chi connectivity index (χ3n) is 1.90. The van der Waals surface area contributed by atoms with Crippen LogP contribution in [0.15, 0.2) is 11.8 Å². The highest BCUT2D eigenvalue weighted by Gasteiger charge is 2.20. The van der Waals surface area contributed by atoms with Gasteiger partial charge in [-0.05, 0) is 6.92 Å². The van der Waals surface area contributed by atoms with E-state index in [-0.39, 0.29) is 6.42 Å². The summed E-state index contributed by atoms with van der Waals surface area (Å²) in [5.74, 6) is -2.18. The second-order valence-corrected chi connectivity index (χ2v) is 3.26. The fourth-order valence-electron chi connectivity index (χ4n) is 1.04. The minimum atomic E-state index is -1.17. The van der Waals surface area contributed by atoms with Crippen LogP contribution in [0.5, 0.6) is 0 Å². The van der Waals surface area contributed by atoms with Gasteiger partial charge in [0.1, 0.15) is 6.04 Å². The Morgan fingerprint density at radius 3 is 2.41 bits per heavy atom. The van der Waals surface area contributed by atoms with Gasteiger partial charge in [-0.2, -0.15) is 0 Å². The molecule has 3 N–H and O–H groups in total. The molecule has 7 nitrogen and oxygen atoms in total. The number of amides is 1. The summed E-state index contributed by atoms with van der Waals surface area (Å²) < 4.78 is 4.38. The maximum atomic E-state index is 11.1. The van der Waals surface area contributed by atoms with Crippen molar-refractivity contribution in [2.75, 3.05) is 14.2 Å². The Bertz CT molecular complexity index is 338. The van der Waals surface area contributed by atoms with E-state index < -0.39 is 23.9 Å². The normalized spacial score (nSPS) is 12.5. The monoisotopic (exact) mass is 244 g/mol. The number of hydrogen-bond acceptors (Lipinski definition) is 5. The average Bonchev–Trinajstić information content (AvgIpc) is 2.27. The van der Waals surface area contributed by atoms with E-state index >= 15 is 0 Å². The van der Waals surface area contributed by atoms with Crippen molar-refractivity contribution < 1.29 is 24.2 Å². The first-order valence-electron chi connectivity index (χ1n) is 4.86. The van der Waals surface area contributed by atoms with Crippen LogP contribution in [-0.4, -0.2) is 43.2 Å². The molecule has 17 heavy (non-hydrogen) atoms. The van der Waals surface area contributed by atoms with Crippen molar-refractivity contribution in [1.29, 1.82) is 0 Å². The fraction of sp³-hybridized carbons (Fsp3) is 0.500. The number of ether oxygens (including phenoxy) is 1. The number of carbonyl (C=O) groups is 3. The van der Waals surface area contributed by atoms with Crippen LogP contribution in [-0.2, 0) is 19.1 Å². The molecule has 0 bridgehead atoms. The molecule has 0 saturated heterocycles. The molecule has 0 spiro atoms. The molecule has 0 rings (SSSR count). The van der Waals surface area contributed by atoms with Gasteiger partial charge in [-0.3, -0.25) is 4.79 Å². The molecule has 0 aromatic rings. The summed E-state index contributed by atoms with van der Waals surface area (Å²) in [6.45, 7) is 1.51. The molecule has 96 valence electrons. The van der Waals surface area contributed by atoms with Crippen molar-refractivity contribution in [1.82, 2.24) is 10.6 Å². The number of carboxylic acids is 1. The number of aliphatic carboxylic acids is 1. The Hall–Kier alpha value is -2.05. The summed E-state index contributed by atoms with van der Waals surface area (Å²) in [6.07, 6.45) is 0.887. The molecule has 0 unspecified atom stereocenters. The van der Waals surface area contributed by atoms with E-state index in [0.29, 0.717) is 5.70 Å². The summed E-state index contributed by atoms with van der Waals surface area (Å²) in [7, 11) is 2.63. The summed E-state index contributed by atoms with van der Waals surface area (Å²) in [4.78, 5) is 32.8. The molecule has 0 aliphatic rings. The first-order valence-corrected chi connectivity index (χ1v) is 4.86. The van der Waals surface area contributed by atoms with Crippen LogP contribution in [0.4, 0.5) is 0 Å². The van der Waals surface area contributed by atoms with Crippen LogP contribution in [0, 0.1) is 0 Å². The van der Waals surface area contributed by atoms with Crippen LogP contribution in [0.1, 0.15) is 13.3 Å². The van der Waals surface area contributed by atoms with Gasteiger partial charge in [-0.1, -0.05) is 0 Å². The van der Waals surface area contributed by atoms with Crippen LogP contribution >= 0.6 is 0 Å². The molecule has 0 aliphatic heterocycles. The van der Waals surface area contributed by atoms with Gasteiger partial charge in [0.2, 0.25) is 5.91 Å². The maximum Gasteiger partial charge on any atom is 0.332 e. The topological polar surface area (TPSA) is 105 Å². The van der Waals surface area contributed by atoms with E-state index in [4.69, 9.17) is 5.11 Å². The second kappa shape index (κ2) is 7.26. The van der Waals surface area contributed by atoms with Crippen LogP contribution in [0.3, 0.4) is 0 Å². The molecule has 0 fully saturated rings. The van der Waals surface area contributed by atoms with Gasteiger partial charge < -0.3 is 20.5 Å². The highest BCUT2D eigenvalue weighted by atomic mass is 16.5. The predicted octanol–water partition coefficient (Wildman–Crippen LogP) is -0.758. The van der Waals surface area contributed by atoms with Crippen LogP contribution in [0.25, 0.3) is 0 Å². The Labute approximate surface area is 98.8 Å². The molecule has 0 radical (unpaired) electrons. The van der Waals surface area contributed by atoms with Gasteiger partial charge in [0.15, 0.2) is 0 Å². The number of rotatable bonds is 6. The van der Waals surface area contributed by atoms with Gasteiger partial charge in [-0.25, -0.2) is 9.59 Å². The molecule has 0 aromatic heterocycles. The third-order valence-corrected chi connectivity index (χ3v) is 1.90. The quantitative estimate of drug-likeness (QED) is 0.419. The first kappa shape index (κ1) is 14.9. The SMILES string of the molecule is CNC(=O)C[C@@H](NC(C)=CC(=O)OC)C(=O)O. The zero-order chi connectivity index (χ0) is 13.4. The number of carboxylic acid groups (broad SMARTS) is 1. The lowest BCUT2D eigenvalue weighted by Gasteiger charge is -2.14. The summed E-state index contributed by atoms with van der Waals surface area (Å²) in [5.41, 5.74) is 0.313. The number of hydrogen-bond donors (Lipinski definition) is 3. The molecule has 0 aliphatic carbocycles. The van der Waals surface area contributed by atoms with Crippen LogP contribution in [0.2, 0.25) is 0 Å². The Kier molecular flexibility index (Phi) is 6.39. The number of carbonyl (C=O) groups excluding carboxylic acids is 2. The van der Waals surface area contributed by atoms with E-state index in [9.17, 15) is 14.4 Å². The summed E-state index contributed by atoms with van der Waals surface area (Å²) >= 11 is 0. The van der Waals surface area contributed by atoms with E-state index in [1.165, 1.54) is 21.1 Å². The van der Waals surface area contributed by atoms with E-state index in [1.54, 1.807) is 0 Å². The lowest BCUT2D eigenvalue weighted by Crippen LogP contribution is -2.39. The molecular weight excluding hydrogens is 228 g/mol. The Balaban J connectivity index is 4.55. The van der Waals surface area contributed by atoms with E-state index in [2.05, 4.69) is 15.4 Å².